The molecule has 41 heavy (non-hydrogen) atoms. The van der Waals surface area contributed by atoms with E-state index in [1.54, 1.807) is 30.3 Å². The maximum atomic E-state index is 14.8. The number of nitrogens with one attached hydrogen (secondary N) is 2. The van der Waals surface area contributed by atoms with E-state index in [-0.39, 0.29) is 23.4 Å². The predicted molar refractivity (Wildman–Crippen MR) is 152 cm³/mol. The van der Waals surface area contributed by atoms with Crippen molar-refractivity contribution in [1.29, 1.82) is 0 Å². The predicted octanol–water partition coefficient (Wildman–Crippen LogP) is 5.55. The number of para-hydroxylation sites is 1. The zero-order valence-corrected chi connectivity index (χ0v) is 23.1. The Hall–Kier alpha value is -3.56. The number of hydrogen-bond acceptors (Lipinski definition) is 5. The molecule has 2 aliphatic carbocycles. The summed E-state index contributed by atoms with van der Waals surface area (Å²) < 4.78 is 28.8. The molecule has 3 N–H and O–H groups in total. The Labute approximate surface area is 241 Å². The summed E-state index contributed by atoms with van der Waals surface area (Å²) in [5.41, 5.74) is -1.57. The van der Waals surface area contributed by atoms with Gasteiger partial charge < -0.3 is 20.6 Å². The largest absolute Gasteiger partial charge is 0.372 e. The summed E-state index contributed by atoms with van der Waals surface area (Å²) in [6.45, 7) is 0.323. The molecular formula is C31H31ClF2N4O3. The van der Waals surface area contributed by atoms with Crippen LogP contribution in [0.1, 0.15) is 66.4 Å². The molecule has 10 heteroatoms. The number of hydrogen-bond donors (Lipinski definition) is 3. The summed E-state index contributed by atoms with van der Waals surface area (Å²) in [6.07, 6.45) is 7.69. The Balaban J connectivity index is 1.13. The molecule has 2 amide bonds. The maximum absolute atomic E-state index is 14.8. The Kier molecular flexibility index (Phi) is 7.42. The second kappa shape index (κ2) is 11.0. The smallest absolute Gasteiger partial charge is 0.268 e. The molecular weight excluding hydrogens is 550 g/mol. The molecule has 1 aliphatic heterocycles. The van der Waals surface area contributed by atoms with Gasteiger partial charge in [-0.3, -0.25) is 9.59 Å². The van der Waals surface area contributed by atoms with Gasteiger partial charge in [-0.2, -0.15) is 0 Å². The van der Waals surface area contributed by atoms with Gasteiger partial charge in [0, 0.05) is 36.0 Å². The quantitative estimate of drug-likeness (QED) is 0.341. The molecule has 0 spiro atoms. The number of anilines is 2. The monoisotopic (exact) mass is 580 g/mol. The number of halogens is 3. The number of fused-ring (bicyclic) bond motifs is 1. The van der Waals surface area contributed by atoms with E-state index >= 15 is 0 Å². The summed E-state index contributed by atoms with van der Waals surface area (Å²) in [4.78, 5) is 32.7. The zero-order chi connectivity index (χ0) is 28.7. The van der Waals surface area contributed by atoms with E-state index in [0.717, 1.165) is 50.3 Å². The van der Waals surface area contributed by atoms with E-state index in [2.05, 4.69) is 15.6 Å². The number of benzene rings is 2. The van der Waals surface area contributed by atoms with Crippen molar-refractivity contribution in [2.24, 2.45) is 5.92 Å². The Bertz CT molecular complexity index is 1490. The molecule has 2 heterocycles. The Morgan fingerprint density at radius 1 is 1.02 bits per heavy atom. The minimum Gasteiger partial charge on any atom is -0.372 e. The van der Waals surface area contributed by atoms with Crippen molar-refractivity contribution in [2.45, 2.75) is 62.6 Å². The highest BCUT2D eigenvalue weighted by Gasteiger charge is 2.52. The third kappa shape index (κ3) is 5.17. The van der Waals surface area contributed by atoms with E-state index in [9.17, 15) is 23.5 Å². The molecule has 1 atom stereocenters. The number of amides is 2. The van der Waals surface area contributed by atoms with Gasteiger partial charge in [-0.05, 0) is 81.2 Å². The molecule has 6 rings (SSSR count). The van der Waals surface area contributed by atoms with Gasteiger partial charge in [0.2, 0.25) is 0 Å². The van der Waals surface area contributed by atoms with Crippen molar-refractivity contribution in [3.8, 4) is 0 Å². The van der Waals surface area contributed by atoms with E-state index < -0.39 is 28.7 Å². The van der Waals surface area contributed by atoms with Crippen molar-refractivity contribution in [3.63, 3.8) is 0 Å². The standard InChI is InChI=1S/C31H31ClF2N4O3/c32-19-14-23(28(35-16-19)36-21-4-3-5-21)29(39)37-22-11-8-18(9-12-22)17-38-27-7-2-1-6-24(27)31(41,30(38)40)25-15-20(33)10-13-26(25)34/h1-2,6-7,10,13-16,18,21-22,41H,3-5,8-9,11-12,17H2,(H,35,36)(H,37,39). The molecule has 3 aromatic rings. The van der Waals surface area contributed by atoms with Gasteiger partial charge in [-0.15, -0.1) is 0 Å². The van der Waals surface area contributed by atoms with E-state index in [1.807, 2.05) is 0 Å². The van der Waals surface area contributed by atoms with Crippen LogP contribution in [-0.2, 0) is 10.4 Å². The van der Waals surface area contributed by atoms with Crippen LogP contribution >= 0.6 is 11.6 Å². The summed E-state index contributed by atoms with van der Waals surface area (Å²) in [5, 5.41) is 18.4. The number of aliphatic hydroxyl groups is 1. The molecule has 1 aromatic heterocycles. The maximum Gasteiger partial charge on any atom is 0.268 e. The normalized spacial score (nSPS) is 24.1. The molecule has 7 nitrogen and oxygen atoms in total. The zero-order valence-electron chi connectivity index (χ0n) is 22.4. The number of nitrogens with zero attached hydrogens (tertiary/aromatic N) is 2. The number of rotatable bonds is 7. The van der Waals surface area contributed by atoms with Crippen LogP contribution in [-0.4, -0.2) is 40.5 Å². The van der Waals surface area contributed by atoms with E-state index in [4.69, 9.17) is 11.6 Å². The topological polar surface area (TPSA) is 94.6 Å². The average Bonchev–Trinajstić information content (AvgIpc) is 3.16. The Morgan fingerprint density at radius 3 is 2.51 bits per heavy atom. The van der Waals surface area contributed by atoms with Gasteiger partial charge in [0.15, 0.2) is 5.60 Å². The number of pyridine rings is 1. The van der Waals surface area contributed by atoms with Crippen molar-refractivity contribution in [3.05, 3.63) is 88.1 Å². The van der Waals surface area contributed by atoms with Gasteiger partial charge in [0.05, 0.1) is 16.3 Å². The van der Waals surface area contributed by atoms with Gasteiger partial charge in [0.1, 0.15) is 17.5 Å². The third-order valence-electron chi connectivity index (χ3n) is 8.63. The molecule has 1 unspecified atom stereocenters. The van der Waals surface area contributed by atoms with Crippen LogP contribution in [0.15, 0.2) is 54.7 Å². The van der Waals surface area contributed by atoms with Crippen molar-refractivity contribution in [1.82, 2.24) is 10.3 Å². The second-order valence-electron chi connectivity index (χ2n) is 11.3. The SMILES string of the molecule is O=C(NC1CCC(CN2C(=O)C(O)(c3cc(F)ccc3F)c3ccccc32)CC1)c1cc(Cl)cnc1NC1CCC1. The van der Waals surface area contributed by atoms with Gasteiger partial charge in [-0.1, -0.05) is 29.8 Å². The Morgan fingerprint density at radius 2 is 1.78 bits per heavy atom. The first-order valence-corrected chi connectivity index (χ1v) is 14.4. The molecule has 0 bridgehead atoms. The summed E-state index contributed by atoms with van der Waals surface area (Å²) in [7, 11) is 0. The average molecular weight is 581 g/mol. The van der Waals surface area contributed by atoms with Gasteiger partial charge in [0.25, 0.3) is 11.8 Å². The fourth-order valence-electron chi connectivity index (χ4n) is 6.14. The first-order valence-electron chi connectivity index (χ1n) is 14.1. The van der Waals surface area contributed by atoms with E-state index in [0.29, 0.717) is 47.5 Å². The van der Waals surface area contributed by atoms with Crippen molar-refractivity contribution in [2.75, 3.05) is 16.8 Å². The minimum absolute atomic E-state index is 0.0471. The lowest BCUT2D eigenvalue weighted by Gasteiger charge is -2.32. The van der Waals surface area contributed by atoms with Crippen LogP contribution in [0, 0.1) is 17.6 Å². The summed E-state index contributed by atoms with van der Waals surface area (Å²) in [5.74, 6) is -1.87. The fraction of sp³-hybridized carbons (Fsp3) is 0.387. The molecule has 3 aliphatic rings. The molecule has 2 fully saturated rings. The van der Waals surface area contributed by atoms with Crippen LogP contribution in [0.4, 0.5) is 20.3 Å². The lowest BCUT2D eigenvalue weighted by atomic mass is 9.85. The van der Waals surface area contributed by atoms with Crippen LogP contribution in [0.25, 0.3) is 0 Å². The second-order valence-corrected chi connectivity index (χ2v) is 11.7. The molecule has 0 radical (unpaired) electrons. The molecule has 2 aromatic carbocycles. The van der Waals surface area contributed by atoms with Crippen molar-refractivity contribution < 1.29 is 23.5 Å². The number of carbonyl (C=O) groups is 2. The highest BCUT2D eigenvalue weighted by molar-refractivity contribution is 6.31. The lowest BCUT2D eigenvalue weighted by Crippen LogP contribution is -2.45. The highest BCUT2D eigenvalue weighted by atomic mass is 35.5. The molecule has 214 valence electrons. The summed E-state index contributed by atoms with van der Waals surface area (Å²) >= 11 is 6.15. The lowest BCUT2D eigenvalue weighted by molar-refractivity contribution is -0.132. The van der Waals surface area contributed by atoms with Crippen molar-refractivity contribution >= 4 is 34.9 Å². The van der Waals surface area contributed by atoms with Gasteiger partial charge in [-0.25, -0.2) is 13.8 Å². The van der Waals surface area contributed by atoms with Crippen LogP contribution in [0.5, 0.6) is 0 Å². The van der Waals surface area contributed by atoms with Crippen LogP contribution in [0.2, 0.25) is 5.02 Å². The van der Waals surface area contributed by atoms with Crippen LogP contribution < -0.4 is 15.5 Å². The molecule has 2 saturated carbocycles. The number of carbonyl (C=O) groups excluding carboxylic acids is 2. The first kappa shape index (κ1) is 27.6. The summed E-state index contributed by atoms with van der Waals surface area (Å²) in [6, 6.07) is 11.4. The van der Waals surface area contributed by atoms with Crippen LogP contribution in [0.3, 0.4) is 0 Å². The van der Waals surface area contributed by atoms with E-state index in [1.165, 1.54) is 11.1 Å². The highest BCUT2D eigenvalue weighted by Crippen LogP contribution is 2.46. The first-order chi connectivity index (χ1) is 19.7. The number of aromatic nitrogens is 1. The fourth-order valence-corrected chi connectivity index (χ4v) is 6.29. The minimum atomic E-state index is -2.32. The van der Waals surface area contributed by atoms with Gasteiger partial charge >= 0.3 is 0 Å². The third-order valence-corrected chi connectivity index (χ3v) is 8.83. The molecule has 0 saturated heterocycles.